The summed E-state index contributed by atoms with van der Waals surface area (Å²) in [5.41, 5.74) is 7.17. The van der Waals surface area contributed by atoms with Crippen molar-refractivity contribution >= 4 is 17.1 Å². The van der Waals surface area contributed by atoms with Crippen LogP contribution < -0.4 is 9.64 Å². The number of rotatable bonds is 4. The Bertz CT molecular complexity index is 1460. The predicted octanol–water partition coefficient (Wildman–Crippen LogP) is 8.05. The van der Waals surface area contributed by atoms with Crippen LogP contribution in [-0.4, -0.2) is 4.98 Å². The van der Waals surface area contributed by atoms with Crippen LogP contribution in [0.25, 0.3) is 11.3 Å². The third kappa shape index (κ3) is 4.25. The van der Waals surface area contributed by atoms with Gasteiger partial charge >= 0.3 is 0 Å². The Morgan fingerprint density at radius 1 is 0.750 bits per heavy atom. The molecule has 1 aliphatic heterocycles. The van der Waals surface area contributed by atoms with Gasteiger partial charge < -0.3 is 14.6 Å². The van der Waals surface area contributed by atoms with E-state index in [-0.39, 0.29) is 26.5 Å². The molecule has 0 saturated carbocycles. The molecule has 2 heterocycles. The molecule has 0 spiro atoms. The number of anilines is 3. The molecule has 0 bridgehead atoms. The number of hydrogen-bond donors (Lipinski definition) is 0. The summed E-state index contributed by atoms with van der Waals surface area (Å²) in [6, 6.07) is 42.7. The zero-order valence-electron chi connectivity index (χ0n) is 19.9. The van der Waals surface area contributed by atoms with E-state index in [0.717, 1.165) is 28.3 Å². The van der Waals surface area contributed by atoms with E-state index in [1.807, 2.05) is 54.6 Å². The van der Waals surface area contributed by atoms with Crippen LogP contribution in [0.15, 0.2) is 103 Å². The van der Waals surface area contributed by atoms with Crippen molar-refractivity contribution < 1.29 is 25.8 Å². The van der Waals surface area contributed by atoms with Crippen molar-refractivity contribution in [2.45, 2.75) is 19.3 Å². The molecule has 0 atom stereocenters. The van der Waals surface area contributed by atoms with Crippen molar-refractivity contribution in [1.29, 1.82) is 0 Å². The molecule has 1 aromatic heterocycles. The fraction of sp³-hybridized carbons (Fsp3) is 0.0938. The molecule has 0 fully saturated rings. The fourth-order valence-corrected chi connectivity index (χ4v) is 4.75. The van der Waals surface area contributed by atoms with Crippen molar-refractivity contribution in [3.63, 3.8) is 0 Å². The first-order valence-corrected chi connectivity index (χ1v) is 11.7. The molecule has 4 aromatic carbocycles. The molecule has 5 aromatic rings. The normalized spacial score (nSPS) is 13.2. The molecule has 36 heavy (non-hydrogen) atoms. The van der Waals surface area contributed by atoms with Gasteiger partial charge in [-0.15, -0.1) is 47.5 Å². The maximum Gasteiger partial charge on any atom is 0.0449 e. The van der Waals surface area contributed by atoms with E-state index in [1.165, 1.54) is 11.1 Å². The van der Waals surface area contributed by atoms with Crippen molar-refractivity contribution in [1.82, 2.24) is 4.98 Å². The number of para-hydroxylation sites is 2. The Morgan fingerprint density at radius 3 is 2.33 bits per heavy atom. The second-order valence-corrected chi connectivity index (χ2v) is 9.06. The molecule has 1 aliphatic rings. The van der Waals surface area contributed by atoms with Gasteiger partial charge in [-0.2, -0.15) is 30.3 Å². The second kappa shape index (κ2) is 9.76. The van der Waals surface area contributed by atoms with Crippen molar-refractivity contribution in [2.75, 3.05) is 4.90 Å². The minimum Gasteiger partial charge on any atom is -0.503 e. The molecule has 0 N–H and O–H groups in total. The van der Waals surface area contributed by atoms with Crippen LogP contribution >= 0.6 is 0 Å². The Kier molecular flexibility index (Phi) is 6.51. The van der Waals surface area contributed by atoms with E-state index < -0.39 is 0 Å². The number of benzene rings is 4. The summed E-state index contributed by atoms with van der Waals surface area (Å²) in [5.74, 6) is 1.24. The van der Waals surface area contributed by atoms with E-state index in [9.17, 15) is 0 Å². The number of ether oxygens (including phenoxy) is 1. The molecule has 6 rings (SSSR count). The van der Waals surface area contributed by atoms with Crippen LogP contribution in [0.3, 0.4) is 0 Å². The molecule has 0 aliphatic carbocycles. The molecule has 3 nitrogen and oxygen atoms in total. The minimum atomic E-state index is -0.130. The quantitative estimate of drug-likeness (QED) is 0.185. The van der Waals surface area contributed by atoms with Crippen LogP contribution in [0.5, 0.6) is 11.5 Å². The summed E-state index contributed by atoms with van der Waals surface area (Å²) in [6.45, 7) is 4.53. The SMILES string of the molecule is CC1(C)c2ccc[c-]c2N(c2[c-]c(Oc3[c-]c(-c4ccccn4)ccc3)ccc2)c2ccccc21.[Pt]. The van der Waals surface area contributed by atoms with Gasteiger partial charge in [0.25, 0.3) is 0 Å². The Hall–Kier alpha value is -3.68. The van der Waals surface area contributed by atoms with Crippen LogP contribution in [-0.2, 0) is 26.5 Å². The Labute approximate surface area is 226 Å². The maximum atomic E-state index is 6.21. The smallest absolute Gasteiger partial charge is 0.0449 e. The summed E-state index contributed by atoms with van der Waals surface area (Å²) in [5, 5.41) is 0. The van der Waals surface area contributed by atoms with Crippen LogP contribution in [0.2, 0.25) is 0 Å². The predicted molar refractivity (Wildman–Crippen MR) is 140 cm³/mol. The largest absolute Gasteiger partial charge is 0.503 e. The van der Waals surface area contributed by atoms with Gasteiger partial charge in [-0.05, 0) is 28.8 Å². The molecular formula is C32H23N2OPt-3. The van der Waals surface area contributed by atoms with Crippen molar-refractivity contribution in [3.8, 4) is 22.8 Å². The molecule has 0 saturated heterocycles. The summed E-state index contributed by atoms with van der Waals surface area (Å²) in [6.07, 6.45) is 1.78. The van der Waals surface area contributed by atoms with E-state index in [0.29, 0.717) is 11.5 Å². The first-order chi connectivity index (χ1) is 17.1. The summed E-state index contributed by atoms with van der Waals surface area (Å²) in [4.78, 5) is 6.64. The minimum absolute atomic E-state index is 0. The van der Waals surface area contributed by atoms with Crippen LogP contribution in [0, 0.1) is 18.2 Å². The van der Waals surface area contributed by atoms with Gasteiger partial charge in [-0.1, -0.05) is 61.6 Å². The maximum absolute atomic E-state index is 6.21. The Balaban J connectivity index is 0.00000267. The average molecular weight is 647 g/mol. The van der Waals surface area contributed by atoms with Gasteiger partial charge in [0.05, 0.1) is 0 Å². The summed E-state index contributed by atoms with van der Waals surface area (Å²) >= 11 is 0. The third-order valence-electron chi connectivity index (χ3n) is 6.47. The van der Waals surface area contributed by atoms with Crippen molar-refractivity contribution in [2.24, 2.45) is 0 Å². The average Bonchev–Trinajstić information content (AvgIpc) is 2.90. The summed E-state index contributed by atoms with van der Waals surface area (Å²) < 4.78 is 6.21. The van der Waals surface area contributed by atoms with Gasteiger partial charge in [-0.3, -0.25) is 0 Å². The standard InChI is InChI=1S/C32H23N2O.Pt/c1-32(2)27-15-3-5-18-30(27)34(31-19-6-4-16-28(31)32)24-12-10-14-26(22-24)35-25-13-9-11-23(21-25)29-17-7-8-20-33-29;/h3-18,20H,1-2H3;/q-3;. The molecule has 0 radical (unpaired) electrons. The number of aromatic nitrogens is 1. The van der Waals surface area contributed by atoms with Gasteiger partial charge in [0.2, 0.25) is 0 Å². The zero-order chi connectivity index (χ0) is 23.8. The fourth-order valence-electron chi connectivity index (χ4n) is 4.75. The first kappa shape index (κ1) is 24.0. The number of hydrogen-bond acceptors (Lipinski definition) is 3. The van der Waals surface area contributed by atoms with Crippen molar-refractivity contribution in [3.05, 3.63) is 133 Å². The van der Waals surface area contributed by atoms with Crippen LogP contribution in [0.1, 0.15) is 25.0 Å². The first-order valence-electron chi connectivity index (χ1n) is 11.7. The Morgan fingerprint density at radius 2 is 1.50 bits per heavy atom. The van der Waals surface area contributed by atoms with E-state index >= 15 is 0 Å². The molecule has 4 heteroatoms. The van der Waals surface area contributed by atoms with E-state index in [4.69, 9.17) is 4.74 Å². The topological polar surface area (TPSA) is 25.4 Å². The number of nitrogens with zero attached hydrogens (tertiary/aromatic N) is 2. The summed E-state index contributed by atoms with van der Waals surface area (Å²) in [7, 11) is 0. The van der Waals surface area contributed by atoms with Gasteiger partial charge in [-0.25, -0.2) is 0 Å². The van der Waals surface area contributed by atoms with Gasteiger partial charge in [0, 0.05) is 44.4 Å². The van der Waals surface area contributed by atoms with E-state index in [2.05, 4.69) is 84.4 Å². The zero-order valence-corrected chi connectivity index (χ0v) is 22.2. The third-order valence-corrected chi connectivity index (χ3v) is 6.47. The molecule has 180 valence electrons. The molecular weight excluding hydrogens is 623 g/mol. The van der Waals surface area contributed by atoms with Gasteiger partial charge in [0.1, 0.15) is 0 Å². The van der Waals surface area contributed by atoms with Gasteiger partial charge in [0.15, 0.2) is 0 Å². The molecule has 0 amide bonds. The second-order valence-electron chi connectivity index (χ2n) is 9.06. The number of pyridine rings is 1. The monoisotopic (exact) mass is 646 g/mol. The molecule has 0 unspecified atom stereocenters. The number of fused-ring (bicyclic) bond motifs is 2. The van der Waals surface area contributed by atoms with E-state index in [1.54, 1.807) is 6.20 Å². The van der Waals surface area contributed by atoms with Crippen LogP contribution in [0.4, 0.5) is 17.1 Å².